The highest BCUT2D eigenvalue weighted by atomic mass is 32.1. The molecule has 7 nitrogen and oxygen atoms in total. The summed E-state index contributed by atoms with van der Waals surface area (Å²) < 4.78 is 1.19. The van der Waals surface area contributed by atoms with Gasteiger partial charge >= 0.3 is 0 Å². The SMILES string of the molecule is NC(=O)c1cnc(N2CC3C(C2)C3NC(=O)c2ccc3sccc3c2)nc1. The van der Waals surface area contributed by atoms with Gasteiger partial charge in [0.15, 0.2) is 0 Å². The Hall–Kier alpha value is -3.00. The van der Waals surface area contributed by atoms with Crippen molar-refractivity contribution < 1.29 is 9.59 Å². The molecule has 2 atom stereocenters. The van der Waals surface area contributed by atoms with Crippen LogP contribution in [0.1, 0.15) is 20.7 Å². The van der Waals surface area contributed by atoms with Crippen molar-refractivity contribution in [3.8, 4) is 0 Å². The Bertz CT molecular complexity index is 1040. The molecule has 1 saturated heterocycles. The van der Waals surface area contributed by atoms with Crippen LogP contribution in [-0.4, -0.2) is 40.9 Å². The van der Waals surface area contributed by atoms with Crippen molar-refractivity contribution in [2.75, 3.05) is 18.0 Å². The van der Waals surface area contributed by atoms with Crippen LogP contribution in [0.5, 0.6) is 0 Å². The molecule has 2 aliphatic rings. The molecule has 8 heteroatoms. The van der Waals surface area contributed by atoms with Crippen molar-refractivity contribution >= 4 is 39.2 Å². The fraction of sp³-hybridized carbons (Fsp3) is 0.263. The Kier molecular flexibility index (Phi) is 3.61. The van der Waals surface area contributed by atoms with Gasteiger partial charge in [-0.3, -0.25) is 9.59 Å². The van der Waals surface area contributed by atoms with Crippen LogP contribution >= 0.6 is 11.3 Å². The number of amides is 2. The van der Waals surface area contributed by atoms with Crippen molar-refractivity contribution in [1.82, 2.24) is 15.3 Å². The number of aromatic nitrogens is 2. The lowest BCUT2D eigenvalue weighted by Crippen LogP contribution is -2.35. The van der Waals surface area contributed by atoms with E-state index in [0.717, 1.165) is 18.5 Å². The largest absolute Gasteiger partial charge is 0.366 e. The van der Waals surface area contributed by atoms with Crippen molar-refractivity contribution in [3.05, 3.63) is 53.2 Å². The van der Waals surface area contributed by atoms with Crippen LogP contribution in [0, 0.1) is 11.8 Å². The minimum atomic E-state index is -0.533. The molecule has 2 fully saturated rings. The first-order valence-corrected chi connectivity index (χ1v) is 9.63. The molecule has 1 saturated carbocycles. The number of thiophene rings is 1. The fourth-order valence-electron chi connectivity index (χ4n) is 3.86. The minimum absolute atomic E-state index is 0.0175. The van der Waals surface area contributed by atoms with Gasteiger partial charge in [-0.05, 0) is 35.0 Å². The quantitative estimate of drug-likeness (QED) is 0.718. The Labute approximate surface area is 159 Å². The van der Waals surface area contributed by atoms with E-state index in [1.165, 1.54) is 17.1 Å². The summed E-state index contributed by atoms with van der Waals surface area (Å²) in [6.45, 7) is 1.60. The Balaban J connectivity index is 1.21. The van der Waals surface area contributed by atoms with Crippen molar-refractivity contribution in [1.29, 1.82) is 0 Å². The zero-order valence-electron chi connectivity index (χ0n) is 14.3. The Morgan fingerprint density at radius 1 is 1.11 bits per heavy atom. The molecule has 27 heavy (non-hydrogen) atoms. The predicted molar refractivity (Wildman–Crippen MR) is 103 cm³/mol. The van der Waals surface area contributed by atoms with Gasteiger partial charge < -0.3 is 16.0 Å². The zero-order valence-corrected chi connectivity index (χ0v) is 15.1. The molecule has 0 bridgehead atoms. The number of nitrogens with zero attached hydrogens (tertiary/aromatic N) is 3. The number of piperidine rings is 1. The molecule has 2 unspecified atom stereocenters. The van der Waals surface area contributed by atoms with Gasteiger partial charge in [0, 0.05) is 53.6 Å². The van der Waals surface area contributed by atoms with E-state index in [2.05, 4.69) is 20.2 Å². The van der Waals surface area contributed by atoms with E-state index in [4.69, 9.17) is 5.73 Å². The lowest BCUT2D eigenvalue weighted by molar-refractivity contribution is 0.0946. The van der Waals surface area contributed by atoms with Gasteiger partial charge in [-0.1, -0.05) is 0 Å². The average molecular weight is 379 g/mol. The molecule has 1 aliphatic carbocycles. The monoisotopic (exact) mass is 379 g/mol. The lowest BCUT2D eigenvalue weighted by Gasteiger charge is -2.20. The molecule has 0 spiro atoms. The smallest absolute Gasteiger partial charge is 0.251 e. The van der Waals surface area contributed by atoms with Crippen molar-refractivity contribution in [3.63, 3.8) is 0 Å². The first kappa shape index (κ1) is 16.2. The van der Waals surface area contributed by atoms with Gasteiger partial charge in [0.1, 0.15) is 0 Å². The maximum absolute atomic E-state index is 12.6. The third-order valence-electron chi connectivity index (χ3n) is 5.41. The second kappa shape index (κ2) is 6.02. The maximum Gasteiger partial charge on any atom is 0.251 e. The molecule has 1 aliphatic heterocycles. The van der Waals surface area contributed by atoms with E-state index in [0.29, 0.717) is 28.9 Å². The summed E-state index contributed by atoms with van der Waals surface area (Å²) in [6, 6.07) is 8.06. The molecule has 136 valence electrons. The summed E-state index contributed by atoms with van der Waals surface area (Å²) in [6.07, 6.45) is 2.91. The average Bonchev–Trinajstić information content (AvgIpc) is 3.08. The summed E-state index contributed by atoms with van der Waals surface area (Å²) in [5, 5.41) is 6.30. The summed E-state index contributed by atoms with van der Waals surface area (Å²) in [4.78, 5) is 34.2. The Morgan fingerprint density at radius 2 is 1.85 bits per heavy atom. The van der Waals surface area contributed by atoms with Crippen LogP contribution in [-0.2, 0) is 0 Å². The number of nitrogens with one attached hydrogen (secondary N) is 1. The fourth-order valence-corrected chi connectivity index (χ4v) is 4.63. The Morgan fingerprint density at radius 3 is 2.56 bits per heavy atom. The van der Waals surface area contributed by atoms with Gasteiger partial charge in [-0.2, -0.15) is 0 Å². The molecule has 3 heterocycles. The van der Waals surface area contributed by atoms with Crippen LogP contribution in [0.25, 0.3) is 10.1 Å². The number of carbonyl (C=O) groups is 2. The van der Waals surface area contributed by atoms with E-state index in [1.807, 2.05) is 29.6 Å². The highest BCUT2D eigenvalue weighted by molar-refractivity contribution is 7.17. The van der Waals surface area contributed by atoms with Crippen molar-refractivity contribution in [2.24, 2.45) is 17.6 Å². The van der Waals surface area contributed by atoms with Crippen LogP contribution in [0.4, 0.5) is 5.95 Å². The first-order valence-electron chi connectivity index (χ1n) is 8.75. The number of primary amides is 1. The van der Waals surface area contributed by atoms with E-state index >= 15 is 0 Å². The summed E-state index contributed by atoms with van der Waals surface area (Å²) in [5.41, 5.74) is 6.21. The van der Waals surface area contributed by atoms with Gasteiger partial charge in [0.2, 0.25) is 5.95 Å². The standard InChI is InChI=1S/C19H17N5O2S/c20-17(25)12-6-21-19(22-7-12)24-8-13-14(9-24)16(13)23-18(26)11-1-2-15-10(5-11)3-4-27-15/h1-7,13-14,16H,8-9H2,(H2,20,25)(H,23,26). The minimum Gasteiger partial charge on any atom is -0.366 e. The molecule has 5 rings (SSSR count). The molecule has 2 amide bonds. The molecule has 0 radical (unpaired) electrons. The van der Waals surface area contributed by atoms with E-state index in [1.54, 1.807) is 11.3 Å². The molecule has 2 aromatic heterocycles. The number of hydrogen-bond acceptors (Lipinski definition) is 6. The second-order valence-electron chi connectivity index (χ2n) is 7.04. The topological polar surface area (TPSA) is 101 Å². The van der Waals surface area contributed by atoms with Crippen LogP contribution in [0.3, 0.4) is 0 Å². The van der Waals surface area contributed by atoms with E-state index in [-0.39, 0.29) is 11.9 Å². The number of benzene rings is 1. The number of hydrogen-bond donors (Lipinski definition) is 2. The summed E-state index contributed by atoms with van der Waals surface area (Å²) >= 11 is 1.67. The lowest BCUT2D eigenvalue weighted by atomic mass is 10.1. The van der Waals surface area contributed by atoms with Gasteiger partial charge in [0.05, 0.1) is 5.56 Å². The normalized spacial score (nSPS) is 23.3. The van der Waals surface area contributed by atoms with Gasteiger partial charge in [-0.25, -0.2) is 9.97 Å². The molecular formula is C19H17N5O2S. The second-order valence-corrected chi connectivity index (χ2v) is 7.99. The summed E-state index contributed by atoms with van der Waals surface area (Å²) in [7, 11) is 0. The number of fused-ring (bicyclic) bond motifs is 2. The molecular weight excluding hydrogens is 362 g/mol. The van der Waals surface area contributed by atoms with E-state index < -0.39 is 5.91 Å². The van der Waals surface area contributed by atoms with Crippen molar-refractivity contribution in [2.45, 2.75) is 6.04 Å². The highest BCUT2D eigenvalue weighted by Gasteiger charge is 2.57. The molecule has 1 aromatic carbocycles. The number of anilines is 1. The third-order valence-corrected chi connectivity index (χ3v) is 6.31. The van der Waals surface area contributed by atoms with E-state index in [9.17, 15) is 9.59 Å². The number of nitrogens with two attached hydrogens (primary N) is 1. The number of rotatable bonds is 4. The first-order chi connectivity index (χ1) is 13.1. The van der Waals surface area contributed by atoms with Crippen LogP contribution in [0.15, 0.2) is 42.0 Å². The molecule has 3 aromatic rings. The van der Waals surface area contributed by atoms with Crippen LogP contribution < -0.4 is 16.0 Å². The summed E-state index contributed by atoms with van der Waals surface area (Å²) in [5.74, 6) is 0.877. The third kappa shape index (κ3) is 2.82. The maximum atomic E-state index is 12.6. The zero-order chi connectivity index (χ0) is 18.5. The number of carbonyl (C=O) groups excluding carboxylic acids is 2. The molecule has 3 N–H and O–H groups in total. The highest BCUT2D eigenvalue weighted by Crippen LogP contribution is 2.46. The van der Waals surface area contributed by atoms with Crippen LogP contribution in [0.2, 0.25) is 0 Å². The predicted octanol–water partition coefficient (Wildman–Crippen LogP) is 1.65. The van der Waals surface area contributed by atoms with Gasteiger partial charge in [-0.15, -0.1) is 11.3 Å². The van der Waals surface area contributed by atoms with Gasteiger partial charge in [0.25, 0.3) is 11.8 Å².